The van der Waals surface area contributed by atoms with Crippen molar-refractivity contribution in [3.63, 3.8) is 0 Å². The van der Waals surface area contributed by atoms with Crippen molar-refractivity contribution in [3.8, 4) is 0 Å². The number of aromatic nitrogens is 2. The summed E-state index contributed by atoms with van der Waals surface area (Å²) in [4.78, 5) is 36.3. The van der Waals surface area contributed by atoms with Crippen LogP contribution < -0.4 is 16.0 Å². The number of aliphatic hydroxyl groups is 1. The molecule has 12 heteroatoms. The second-order valence-corrected chi connectivity index (χ2v) is 9.31. The molecule has 4 rings (SSSR count). The fourth-order valence-electron chi connectivity index (χ4n) is 4.32. The Hall–Kier alpha value is -3.54. The zero-order valence-electron chi connectivity index (χ0n) is 19.8. The molecule has 0 unspecified atom stereocenters. The Labute approximate surface area is 216 Å². The van der Waals surface area contributed by atoms with Gasteiger partial charge < -0.3 is 26.2 Å². The van der Waals surface area contributed by atoms with E-state index in [0.29, 0.717) is 23.7 Å². The van der Waals surface area contributed by atoms with Gasteiger partial charge in [-0.15, -0.1) is 0 Å². The number of para-hydroxylation sites is 1. The lowest BCUT2D eigenvalue weighted by Gasteiger charge is -2.26. The summed E-state index contributed by atoms with van der Waals surface area (Å²) in [5, 5.41) is 31.2. The first-order valence-electron chi connectivity index (χ1n) is 11.9. The zero-order valence-corrected chi connectivity index (χ0v) is 20.6. The van der Waals surface area contributed by atoms with Crippen LogP contribution in [0.4, 0.5) is 10.1 Å². The minimum Gasteiger partial charge on any atom is -0.480 e. The number of carbonyl (C=O) groups excluding carboxylic acids is 2. The maximum atomic E-state index is 14.9. The number of hydrogen-bond donors (Lipinski definition) is 5. The fourth-order valence-corrected chi connectivity index (χ4v) is 4.55. The highest BCUT2D eigenvalue weighted by Crippen LogP contribution is 2.29. The third-order valence-corrected chi connectivity index (χ3v) is 6.66. The lowest BCUT2D eigenvalue weighted by Crippen LogP contribution is -2.41. The zero-order chi connectivity index (χ0) is 26.5. The highest BCUT2D eigenvalue weighted by Gasteiger charge is 2.22. The van der Waals surface area contributed by atoms with Crippen LogP contribution >= 0.6 is 11.6 Å². The van der Waals surface area contributed by atoms with E-state index in [1.165, 1.54) is 16.8 Å². The number of halogens is 2. The predicted octanol–water partition coefficient (Wildman–Crippen LogP) is 2.67. The highest BCUT2D eigenvalue weighted by atomic mass is 35.5. The maximum absolute atomic E-state index is 14.9. The Bertz CT molecular complexity index is 1320. The van der Waals surface area contributed by atoms with Crippen molar-refractivity contribution in [2.24, 2.45) is 0 Å². The number of fused-ring (bicyclic) bond motifs is 1. The van der Waals surface area contributed by atoms with Gasteiger partial charge in [-0.2, -0.15) is 5.10 Å². The minimum atomic E-state index is -1.11. The minimum absolute atomic E-state index is 0.0114. The first-order chi connectivity index (χ1) is 17.7. The highest BCUT2D eigenvalue weighted by molar-refractivity contribution is 6.34. The molecule has 1 saturated carbocycles. The van der Waals surface area contributed by atoms with Crippen molar-refractivity contribution in [1.82, 2.24) is 20.4 Å². The molecule has 0 saturated heterocycles. The van der Waals surface area contributed by atoms with Gasteiger partial charge in [0.2, 0.25) is 5.91 Å². The van der Waals surface area contributed by atoms with E-state index in [9.17, 15) is 23.9 Å². The molecule has 196 valence electrons. The van der Waals surface area contributed by atoms with Crippen molar-refractivity contribution >= 4 is 46.0 Å². The molecule has 5 N–H and O–H groups in total. The summed E-state index contributed by atoms with van der Waals surface area (Å²) in [6.45, 7) is -0.441. The second kappa shape index (κ2) is 11.7. The van der Waals surface area contributed by atoms with E-state index in [1.807, 2.05) is 0 Å². The van der Waals surface area contributed by atoms with E-state index in [4.69, 9.17) is 16.7 Å². The van der Waals surface area contributed by atoms with Crippen molar-refractivity contribution in [2.75, 3.05) is 11.9 Å². The molecule has 1 aliphatic carbocycles. The van der Waals surface area contributed by atoms with Gasteiger partial charge in [0.1, 0.15) is 17.4 Å². The monoisotopic (exact) mass is 531 g/mol. The van der Waals surface area contributed by atoms with Gasteiger partial charge in [-0.05, 0) is 37.8 Å². The predicted molar refractivity (Wildman–Crippen MR) is 135 cm³/mol. The molecule has 0 radical (unpaired) electrons. The average Bonchev–Trinajstić information content (AvgIpc) is 3.24. The summed E-state index contributed by atoms with van der Waals surface area (Å²) >= 11 is 6.17. The van der Waals surface area contributed by atoms with Gasteiger partial charge >= 0.3 is 5.97 Å². The van der Waals surface area contributed by atoms with Gasteiger partial charge in [-0.3, -0.25) is 19.1 Å². The molecule has 2 aromatic carbocycles. The Morgan fingerprint density at radius 2 is 1.84 bits per heavy atom. The molecule has 0 aliphatic heterocycles. The van der Waals surface area contributed by atoms with E-state index < -0.39 is 24.2 Å². The maximum Gasteiger partial charge on any atom is 0.325 e. The van der Waals surface area contributed by atoms with Crippen molar-refractivity contribution in [1.29, 1.82) is 0 Å². The molecule has 1 heterocycles. The van der Waals surface area contributed by atoms with Crippen LogP contribution in [-0.2, 0) is 22.7 Å². The smallest absolute Gasteiger partial charge is 0.325 e. The lowest BCUT2D eigenvalue weighted by atomic mass is 9.93. The number of rotatable bonds is 9. The third kappa shape index (κ3) is 6.43. The molecule has 0 bridgehead atoms. The van der Waals surface area contributed by atoms with E-state index >= 15 is 0 Å². The number of hydrogen-bond acceptors (Lipinski definition) is 6. The van der Waals surface area contributed by atoms with E-state index in [0.717, 1.165) is 12.8 Å². The van der Waals surface area contributed by atoms with Crippen molar-refractivity contribution in [2.45, 2.75) is 50.9 Å². The van der Waals surface area contributed by atoms with Gasteiger partial charge in [-0.25, -0.2) is 4.39 Å². The molecule has 37 heavy (non-hydrogen) atoms. The molecule has 3 aromatic rings. The topological polar surface area (TPSA) is 146 Å². The molecule has 0 atom stereocenters. The number of benzene rings is 2. The third-order valence-electron chi connectivity index (χ3n) is 6.29. The normalized spacial score (nSPS) is 17.5. The Morgan fingerprint density at radius 3 is 2.57 bits per heavy atom. The quantitative estimate of drug-likeness (QED) is 0.285. The van der Waals surface area contributed by atoms with E-state index in [2.05, 4.69) is 21.0 Å². The van der Waals surface area contributed by atoms with Gasteiger partial charge in [-0.1, -0.05) is 35.9 Å². The summed E-state index contributed by atoms with van der Waals surface area (Å²) < 4.78 is 16.1. The van der Waals surface area contributed by atoms with Crippen LogP contribution in [-0.4, -0.2) is 56.5 Å². The van der Waals surface area contributed by atoms with Crippen molar-refractivity contribution in [3.05, 3.63) is 58.5 Å². The average molecular weight is 532 g/mol. The summed E-state index contributed by atoms with van der Waals surface area (Å²) in [5.74, 6) is -2.88. The number of nitrogens with one attached hydrogen (secondary N) is 3. The molecular weight excluding hydrogens is 505 g/mol. The second-order valence-electron chi connectivity index (χ2n) is 8.93. The summed E-state index contributed by atoms with van der Waals surface area (Å²) in [7, 11) is 0. The number of carboxylic acid groups (broad SMARTS) is 1. The number of aliphatic carboxylic acids is 1. The van der Waals surface area contributed by atoms with Gasteiger partial charge in [0.05, 0.1) is 23.9 Å². The van der Waals surface area contributed by atoms with Crippen LogP contribution in [0.2, 0.25) is 5.02 Å². The largest absolute Gasteiger partial charge is 0.480 e. The molecule has 0 spiro atoms. The first kappa shape index (κ1) is 26.5. The number of aliphatic hydroxyl groups excluding tert-OH is 1. The number of nitrogens with zero attached hydrogens (tertiary/aromatic N) is 2. The van der Waals surface area contributed by atoms with Crippen LogP contribution in [0.1, 0.15) is 41.7 Å². The lowest BCUT2D eigenvalue weighted by molar-refractivity contribution is -0.137. The summed E-state index contributed by atoms with van der Waals surface area (Å²) in [6, 6.07) is 9.67. The molecule has 1 fully saturated rings. The Balaban J connectivity index is 1.38. The van der Waals surface area contributed by atoms with Crippen LogP contribution in [0.5, 0.6) is 0 Å². The Kier molecular flexibility index (Phi) is 8.37. The fraction of sp³-hybridized carbons (Fsp3) is 0.360. The SMILES string of the molecule is O=C(O)Cn1nc(C(=O)Nc2ccc(CNC(=O)CNC3CCC(O)CC3)c(F)c2Cl)c2ccccc21. The molecule has 1 aromatic heterocycles. The molecule has 2 amide bonds. The van der Waals surface area contributed by atoms with Gasteiger partial charge in [0.15, 0.2) is 5.69 Å². The molecular formula is C25H27ClFN5O5. The van der Waals surface area contributed by atoms with Crippen LogP contribution in [0.3, 0.4) is 0 Å². The van der Waals surface area contributed by atoms with Crippen LogP contribution in [0.15, 0.2) is 36.4 Å². The summed E-state index contributed by atoms with van der Waals surface area (Å²) in [5.41, 5.74) is 0.601. The molecule has 10 nitrogen and oxygen atoms in total. The van der Waals surface area contributed by atoms with Gasteiger partial charge in [0, 0.05) is 23.5 Å². The first-order valence-corrected chi connectivity index (χ1v) is 12.2. The number of amides is 2. The molecule has 1 aliphatic rings. The number of anilines is 1. The van der Waals surface area contributed by atoms with Gasteiger partial charge in [0.25, 0.3) is 5.91 Å². The number of carboxylic acids is 1. The Morgan fingerprint density at radius 1 is 1.11 bits per heavy atom. The summed E-state index contributed by atoms with van der Waals surface area (Å²) in [6.07, 6.45) is 2.71. The van der Waals surface area contributed by atoms with E-state index in [-0.39, 0.29) is 53.1 Å². The van der Waals surface area contributed by atoms with Crippen molar-refractivity contribution < 1.29 is 29.0 Å². The van der Waals surface area contributed by atoms with E-state index in [1.54, 1.807) is 24.3 Å². The van der Waals surface area contributed by atoms with Crippen LogP contribution in [0, 0.1) is 5.82 Å². The van der Waals surface area contributed by atoms with Crippen LogP contribution in [0.25, 0.3) is 10.9 Å². The number of carbonyl (C=O) groups is 3. The standard InChI is InChI=1S/C25H27ClFN5O5/c26-22-18(30-25(37)24-17-3-1-2-4-19(17)32(31-24)13-21(35)36)10-5-14(23(22)27)11-29-20(34)12-28-15-6-8-16(33)9-7-15/h1-5,10,15-16,28,33H,6-9,11-13H2,(H,29,34)(H,30,37)(H,35,36).